The van der Waals surface area contributed by atoms with Crippen LogP contribution in [0, 0.1) is 6.92 Å². The van der Waals surface area contributed by atoms with Gasteiger partial charge in [-0.05, 0) is 32.3 Å². The van der Waals surface area contributed by atoms with E-state index in [2.05, 4.69) is 5.10 Å². The Balaban J connectivity index is 2.17. The third kappa shape index (κ3) is 2.34. The fraction of sp³-hybridized carbons (Fsp3) is 0.667. The fourth-order valence-electron chi connectivity index (χ4n) is 2.21. The van der Waals surface area contributed by atoms with E-state index in [0.29, 0.717) is 18.3 Å². The molecule has 1 aliphatic rings. The summed E-state index contributed by atoms with van der Waals surface area (Å²) in [5.41, 5.74) is 1.44. The zero-order valence-electron chi connectivity index (χ0n) is 10.4. The molecule has 1 fully saturated rings. The number of hydrogen-bond acceptors (Lipinski definition) is 3. The molecule has 94 valence electrons. The predicted molar refractivity (Wildman–Crippen MR) is 63.7 cm³/mol. The third-order valence-electron chi connectivity index (χ3n) is 3.34. The number of aromatic nitrogens is 2. The van der Waals surface area contributed by atoms with Gasteiger partial charge in [0, 0.05) is 19.6 Å². The number of aryl methyl sites for hydroxylation is 2. The average molecular weight is 237 g/mol. The maximum Gasteiger partial charge on any atom is 0.272 e. The van der Waals surface area contributed by atoms with Crippen molar-refractivity contribution in [3.8, 4) is 0 Å². The van der Waals surface area contributed by atoms with Gasteiger partial charge >= 0.3 is 0 Å². The average Bonchev–Trinajstić information content (AvgIpc) is 2.53. The number of carbonyl (C=O) groups excluding carboxylic acids is 1. The van der Waals surface area contributed by atoms with Crippen LogP contribution < -0.4 is 0 Å². The van der Waals surface area contributed by atoms with Gasteiger partial charge in [0.05, 0.1) is 12.3 Å². The Morgan fingerprint density at radius 1 is 1.65 bits per heavy atom. The number of aliphatic hydroxyl groups is 1. The lowest BCUT2D eigenvalue weighted by molar-refractivity contribution is 0.0515. The minimum atomic E-state index is -0.0214. The molecule has 5 heteroatoms. The molecule has 0 aromatic carbocycles. The second kappa shape index (κ2) is 4.87. The SMILES string of the molecule is Cc1cc(C(=O)N(CCO)C2CCC2)n(C)n1. The van der Waals surface area contributed by atoms with Gasteiger partial charge in [0.2, 0.25) is 0 Å². The van der Waals surface area contributed by atoms with E-state index < -0.39 is 0 Å². The first-order valence-corrected chi connectivity index (χ1v) is 6.06. The van der Waals surface area contributed by atoms with E-state index in [0.717, 1.165) is 18.5 Å². The Kier molecular flexibility index (Phi) is 3.47. The first kappa shape index (κ1) is 12.1. The van der Waals surface area contributed by atoms with Gasteiger partial charge in [-0.15, -0.1) is 0 Å². The molecule has 1 amide bonds. The number of hydrogen-bond donors (Lipinski definition) is 1. The van der Waals surface area contributed by atoms with Gasteiger partial charge in [0.15, 0.2) is 0 Å². The van der Waals surface area contributed by atoms with Crippen LogP contribution in [-0.4, -0.2) is 44.9 Å². The summed E-state index contributed by atoms with van der Waals surface area (Å²) in [5.74, 6) is -0.0214. The Bertz CT molecular complexity index is 410. The van der Waals surface area contributed by atoms with E-state index in [1.54, 1.807) is 22.7 Å². The smallest absolute Gasteiger partial charge is 0.272 e. The summed E-state index contributed by atoms with van der Waals surface area (Å²) in [6, 6.07) is 2.09. The molecule has 1 aromatic rings. The Hall–Kier alpha value is -1.36. The normalized spacial score (nSPS) is 15.7. The monoisotopic (exact) mass is 237 g/mol. The molecule has 0 saturated heterocycles. The molecule has 5 nitrogen and oxygen atoms in total. The highest BCUT2D eigenvalue weighted by Gasteiger charge is 2.30. The van der Waals surface area contributed by atoms with E-state index >= 15 is 0 Å². The molecular formula is C12H19N3O2. The van der Waals surface area contributed by atoms with Gasteiger partial charge in [-0.3, -0.25) is 9.48 Å². The standard InChI is InChI=1S/C12H19N3O2/c1-9-8-11(14(2)13-9)12(17)15(6-7-16)10-4-3-5-10/h8,10,16H,3-7H2,1-2H3. The summed E-state index contributed by atoms with van der Waals surface area (Å²) in [6.07, 6.45) is 3.26. The number of rotatable bonds is 4. The second-order valence-electron chi connectivity index (χ2n) is 4.60. The minimum Gasteiger partial charge on any atom is -0.395 e. The van der Waals surface area contributed by atoms with Crippen molar-refractivity contribution in [1.82, 2.24) is 14.7 Å². The summed E-state index contributed by atoms with van der Waals surface area (Å²) in [5, 5.41) is 13.2. The highest BCUT2D eigenvalue weighted by atomic mass is 16.3. The van der Waals surface area contributed by atoms with Gasteiger partial charge in [-0.1, -0.05) is 0 Å². The second-order valence-corrected chi connectivity index (χ2v) is 4.60. The van der Waals surface area contributed by atoms with Gasteiger partial charge < -0.3 is 10.0 Å². The van der Waals surface area contributed by atoms with Crippen molar-refractivity contribution >= 4 is 5.91 Å². The lowest BCUT2D eigenvalue weighted by atomic mass is 9.91. The molecule has 0 spiro atoms. The van der Waals surface area contributed by atoms with Crippen LogP contribution in [0.5, 0.6) is 0 Å². The Labute approximate surface area is 101 Å². The van der Waals surface area contributed by atoms with Crippen molar-refractivity contribution in [2.24, 2.45) is 7.05 Å². The minimum absolute atomic E-state index is 0.0130. The van der Waals surface area contributed by atoms with E-state index in [-0.39, 0.29) is 12.5 Å². The number of amides is 1. The molecule has 1 aliphatic carbocycles. The molecule has 0 radical (unpaired) electrons. The van der Waals surface area contributed by atoms with Gasteiger partial charge in [0.1, 0.15) is 5.69 Å². The summed E-state index contributed by atoms with van der Waals surface area (Å²) in [4.78, 5) is 14.1. The van der Waals surface area contributed by atoms with Crippen molar-refractivity contribution in [2.45, 2.75) is 32.2 Å². The van der Waals surface area contributed by atoms with Crippen LogP contribution >= 0.6 is 0 Å². The molecule has 1 N–H and O–H groups in total. The molecule has 0 aliphatic heterocycles. The highest BCUT2D eigenvalue weighted by Crippen LogP contribution is 2.26. The van der Waals surface area contributed by atoms with Crippen molar-refractivity contribution in [2.75, 3.05) is 13.2 Å². The molecular weight excluding hydrogens is 218 g/mol. The lowest BCUT2D eigenvalue weighted by Gasteiger charge is -2.37. The molecule has 1 saturated carbocycles. The van der Waals surface area contributed by atoms with Gasteiger partial charge in [-0.2, -0.15) is 5.10 Å². The molecule has 0 atom stereocenters. The maximum atomic E-state index is 12.4. The summed E-state index contributed by atoms with van der Waals surface area (Å²) in [6.45, 7) is 2.29. The fourth-order valence-corrected chi connectivity index (χ4v) is 2.21. The summed E-state index contributed by atoms with van der Waals surface area (Å²) in [7, 11) is 1.78. The maximum absolute atomic E-state index is 12.4. The van der Waals surface area contributed by atoms with Crippen molar-refractivity contribution in [1.29, 1.82) is 0 Å². The molecule has 0 unspecified atom stereocenters. The third-order valence-corrected chi connectivity index (χ3v) is 3.34. The van der Waals surface area contributed by atoms with E-state index in [4.69, 9.17) is 5.11 Å². The quantitative estimate of drug-likeness (QED) is 0.839. The molecule has 1 heterocycles. The first-order valence-electron chi connectivity index (χ1n) is 6.06. The molecule has 0 bridgehead atoms. The molecule has 1 aromatic heterocycles. The number of aliphatic hydroxyl groups excluding tert-OH is 1. The van der Waals surface area contributed by atoms with E-state index in [1.165, 1.54) is 6.42 Å². The van der Waals surface area contributed by atoms with Crippen LogP contribution in [0.25, 0.3) is 0 Å². The highest BCUT2D eigenvalue weighted by molar-refractivity contribution is 5.93. The Morgan fingerprint density at radius 3 is 2.76 bits per heavy atom. The molecule has 17 heavy (non-hydrogen) atoms. The van der Waals surface area contributed by atoms with Crippen molar-refractivity contribution in [3.63, 3.8) is 0 Å². The van der Waals surface area contributed by atoms with E-state index in [9.17, 15) is 4.79 Å². The van der Waals surface area contributed by atoms with Gasteiger partial charge in [-0.25, -0.2) is 0 Å². The summed E-state index contributed by atoms with van der Waals surface area (Å²) < 4.78 is 1.61. The van der Waals surface area contributed by atoms with Crippen LogP contribution in [0.1, 0.15) is 35.4 Å². The van der Waals surface area contributed by atoms with Crippen LogP contribution in [0.3, 0.4) is 0 Å². The zero-order valence-corrected chi connectivity index (χ0v) is 10.4. The Morgan fingerprint density at radius 2 is 2.35 bits per heavy atom. The van der Waals surface area contributed by atoms with Crippen LogP contribution in [-0.2, 0) is 7.05 Å². The van der Waals surface area contributed by atoms with Crippen LogP contribution in [0.4, 0.5) is 0 Å². The first-order chi connectivity index (χ1) is 8.13. The summed E-state index contributed by atoms with van der Waals surface area (Å²) >= 11 is 0. The zero-order chi connectivity index (χ0) is 12.4. The molecule has 2 rings (SSSR count). The van der Waals surface area contributed by atoms with Crippen molar-refractivity contribution < 1.29 is 9.90 Å². The van der Waals surface area contributed by atoms with Crippen molar-refractivity contribution in [3.05, 3.63) is 17.5 Å². The largest absolute Gasteiger partial charge is 0.395 e. The van der Waals surface area contributed by atoms with Crippen LogP contribution in [0.15, 0.2) is 6.07 Å². The predicted octanol–water partition coefficient (Wildman–Crippen LogP) is 0.716. The number of nitrogens with zero attached hydrogens (tertiary/aromatic N) is 3. The lowest BCUT2D eigenvalue weighted by Crippen LogP contribution is -2.46. The van der Waals surface area contributed by atoms with E-state index in [1.807, 2.05) is 6.92 Å². The number of carbonyl (C=O) groups is 1. The van der Waals surface area contributed by atoms with Gasteiger partial charge in [0.25, 0.3) is 5.91 Å². The topological polar surface area (TPSA) is 58.4 Å². The van der Waals surface area contributed by atoms with Crippen LogP contribution in [0.2, 0.25) is 0 Å².